The number of nitrogens with zero attached hydrogens (tertiary/aromatic N) is 1. The molecule has 30 heavy (non-hydrogen) atoms. The summed E-state index contributed by atoms with van der Waals surface area (Å²) >= 11 is 12.3. The summed E-state index contributed by atoms with van der Waals surface area (Å²) < 4.78 is 10.7. The van der Waals surface area contributed by atoms with Crippen LogP contribution in [0.4, 0.5) is 5.69 Å². The Morgan fingerprint density at radius 3 is 2.33 bits per heavy atom. The zero-order chi connectivity index (χ0) is 21.8. The number of imide groups is 1. The maximum atomic E-state index is 13.1. The van der Waals surface area contributed by atoms with Gasteiger partial charge in [-0.05, 0) is 50.2 Å². The zero-order valence-corrected chi connectivity index (χ0v) is 18.4. The maximum Gasteiger partial charge on any atom is 0.278 e. The van der Waals surface area contributed by atoms with E-state index in [0.29, 0.717) is 22.0 Å². The van der Waals surface area contributed by atoms with Crippen molar-refractivity contribution >= 4 is 46.3 Å². The first-order chi connectivity index (χ1) is 14.3. The average Bonchev–Trinajstić information content (AvgIpc) is 2.91. The lowest BCUT2D eigenvalue weighted by atomic mass is 10.0. The van der Waals surface area contributed by atoms with Gasteiger partial charge < -0.3 is 14.8 Å². The number of hydrogen-bond donors (Lipinski definition) is 1. The highest BCUT2D eigenvalue weighted by atomic mass is 35.5. The number of benzene rings is 2. The molecule has 0 unspecified atom stereocenters. The Labute approximate surface area is 185 Å². The van der Waals surface area contributed by atoms with Crippen molar-refractivity contribution in [1.29, 1.82) is 0 Å². The number of carbonyl (C=O) groups is 2. The van der Waals surface area contributed by atoms with Crippen LogP contribution in [0.15, 0.2) is 48.2 Å². The number of amides is 2. The lowest BCUT2D eigenvalue weighted by Gasteiger charge is -2.14. The van der Waals surface area contributed by atoms with Crippen LogP contribution in [0.3, 0.4) is 0 Å². The number of hydrogen-bond acceptors (Lipinski definition) is 5. The van der Waals surface area contributed by atoms with Gasteiger partial charge in [-0.1, -0.05) is 29.3 Å². The molecule has 2 aromatic rings. The number of rotatable bonds is 8. The van der Waals surface area contributed by atoms with Gasteiger partial charge >= 0.3 is 0 Å². The van der Waals surface area contributed by atoms with Gasteiger partial charge in [-0.3, -0.25) is 14.5 Å². The SMILES string of the molecule is COCCN1C(=O)C(Nc2ccc(OC(C)C)cc2)=C(c2ccc(Cl)cc2Cl)C1=O. The van der Waals surface area contributed by atoms with Crippen LogP contribution in [-0.4, -0.2) is 43.1 Å². The van der Waals surface area contributed by atoms with E-state index in [9.17, 15) is 9.59 Å². The maximum absolute atomic E-state index is 13.1. The Morgan fingerprint density at radius 1 is 1.03 bits per heavy atom. The lowest BCUT2D eigenvalue weighted by molar-refractivity contribution is -0.137. The van der Waals surface area contributed by atoms with Crippen LogP contribution in [-0.2, 0) is 14.3 Å². The van der Waals surface area contributed by atoms with Crippen LogP contribution < -0.4 is 10.1 Å². The third kappa shape index (κ3) is 4.78. The van der Waals surface area contributed by atoms with E-state index >= 15 is 0 Å². The molecule has 2 amide bonds. The molecule has 0 fully saturated rings. The van der Waals surface area contributed by atoms with Gasteiger partial charge in [-0.2, -0.15) is 0 Å². The number of nitrogens with one attached hydrogen (secondary N) is 1. The molecule has 1 heterocycles. The van der Waals surface area contributed by atoms with E-state index in [1.165, 1.54) is 13.2 Å². The molecular weight excluding hydrogens is 427 g/mol. The summed E-state index contributed by atoms with van der Waals surface area (Å²) in [6, 6.07) is 11.9. The van der Waals surface area contributed by atoms with Crippen LogP contribution in [0.25, 0.3) is 5.57 Å². The van der Waals surface area contributed by atoms with Crippen molar-refractivity contribution < 1.29 is 19.1 Å². The zero-order valence-electron chi connectivity index (χ0n) is 16.9. The molecular formula is C22H22Cl2N2O4. The van der Waals surface area contributed by atoms with Crippen molar-refractivity contribution in [3.05, 3.63) is 63.8 Å². The average molecular weight is 449 g/mol. The summed E-state index contributed by atoms with van der Waals surface area (Å²) in [5.41, 5.74) is 1.41. The second-order valence-corrected chi connectivity index (χ2v) is 7.79. The molecule has 2 aromatic carbocycles. The number of ether oxygens (including phenoxy) is 2. The third-order valence-electron chi connectivity index (χ3n) is 4.38. The largest absolute Gasteiger partial charge is 0.491 e. The second-order valence-electron chi connectivity index (χ2n) is 6.94. The van der Waals surface area contributed by atoms with E-state index in [1.54, 1.807) is 36.4 Å². The number of methoxy groups -OCH3 is 1. The molecule has 158 valence electrons. The molecule has 6 nitrogen and oxygen atoms in total. The fourth-order valence-electron chi connectivity index (χ4n) is 3.05. The Balaban J connectivity index is 1.99. The minimum absolute atomic E-state index is 0.0496. The second kappa shape index (κ2) is 9.51. The molecule has 0 spiro atoms. The Morgan fingerprint density at radius 2 is 1.73 bits per heavy atom. The molecule has 0 aromatic heterocycles. The minimum Gasteiger partial charge on any atom is -0.491 e. The molecule has 3 rings (SSSR count). The number of carbonyl (C=O) groups excluding carboxylic acids is 2. The summed E-state index contributed by atoms with van der Waals surface area (Å²) in [5.74, 6) is -0.176. The monoisotopic (exact) mass is 448 g/mol. The topological polar surface area (TPSA) is 67.9 Å². The van der Waals surface area contributed by atoms with E-state index in [0.717, 1.165) is 4.90 Å². The van der Waals surface area contributed by atoms with Gasteiger partial charge in [0.05, 0.1) is 29.9 Å². The van der Waals surface area contributed by atoms with Gasteiger partial charge in [0.2, 0.25) is 0 Å². The summed E-state index contributed by atoms with van der Waals surface area (Å²) in [5, 5.41) is 3.80. The van der Waals surface area contributed by atoms with Gasteiger partial charge in [0.25, 0.3) is 11.8 Å². The number of anilines is 1. The first-order valence-corrected chi connectivity index (χ1v) is 10.2. The Bertz CT molecular complexity index is 987. The first-order valence-electron chi connectivity index (χ1n) is 9.40. The molecule has 0 bridgehead atoms. The molecule has 8 heteroatoms. The molecule has 0 atom stereocenters. The highest BCUT2D eigenvalue weighted by Crippen LogP contribution is 2.35. The van der Waals surface area contributed by atoms with E-state index in [4.69, 9.17) is 32.7 Å². The van der Waals surface area contributed by atoms with E-state index in [1.807, 2.05) is 13.8 Å². The van der Waals surface area contributed by atoms with Gasteiger partial charge in [0, 0.05) is 23.4 Å². The summed E-state index contributed by atoms with van der Waals surface area (Å²) in [7, 11) is 1.51. The fraction of sp³-hybridized carbons (Fsp3) is 0.273. The van der Waals surface area contributed by atoms with Gasteiger partial charge in [-0.25, -0.2) is 0 Å². The van der Waals surface area contributed by atoms with E-state index in [-0.39, 0.29) is 35.5 Å². The number of halogens is 2. The van der Waals surface area contributed by atoms with Gasteiger partial charge in [-0.15, -0.1) is 0 Å². The summed E-state index contributed by atoms with van der Waals surface area (Å²) in [6.07, 6.45) is 0.0496. The van der Waals surface area contributed by atoms with Crippen LogP contribution in [0.1, 0.15) is 19.4 Å². The minimum atomic E-state index is -0.444. The predicted octanol–water partition coefficient (Wildman–Crippen LogP) is 4.62. The third-order valence-corrected chi connectivity index (χ3v) is 4.93. The Hall–Kier alpha value is -2.54. The van der Waals surface area contributed by atoms with Crippen molar-refractivity contribution in [2.75, 3.05) is 25.6 Å². The molecule has 0 saturated heterocycles. The highest BCUT2D eigenvalue weighted by molar-refractivity contribution is 6.41. The molecule has 0 saturated carbocycles. The van der Waals surface area contributed by atoms with Gasteiger partial charge in [0.15, 0.2) is 0 Å². The molecule has 0 aliphatic carbocycles. The molecule has 1 N–H and O–H groups in total. The van der Waals surface area contributed by atoms with E-state index in [2.05, 4.69) is 5.32 Å². The quantitative estimate of drug-likeness (QED) is 0.596. The normalized spacial score (nSPS) is 14.1. The predicted molar refractivity (Wildman–Crippen MR) is 118 cm³/mol. The van der Waals surface area contributed by atoms with E-state index < -0.39 is 11.8 Å². The molecule has 1 aliphatic heterocycles. The highest BCUT2D eigenvalue weighted by Gasteiger charge is 2.39. The standard InChI is InChI=1S/C22H22Cl2N2O4/c1-13(2)30-16-7-5-15(6-8-16)25-20-19(17-9-4-14(23)12-18(17)24)21(27)26(22(20)28)10-11-29-3/h4-9,12-13,25H,10-11H2,1-3H3. The molecule has 1 aliphatic rings. The molecule has 0 radical (unpaired) electrons. The lowest BCUT2D eigenvalue weighted by Crippen LogP contribution is -2.35. The fourth-order valence-corrected chi connectivity index (χ4v) is 3.56. The van der Waals surface area contributed by atoms with Crippen molar-refractivity contribution in [1.82, 2.24) is 4.90 Å². The van der Waals surface area contributed by atoms with Crippen molar-refractivity contribution in [2.45, 2.75) is 20.0 Å². The van der Waals surface area contributed by atoms with Crippen molar-refractivity contribution in [3.8, 4) is 5.75 Å². The van der Waals surface area contributed by atoms with Gasteiger partial charge in [0.1, 0.15) is 11.4 Å². The summed E-state index contributed by atoms with van der Waals surface area (Å²) in [4.78, 5) is 27.3. The van der Waals surface area contributed by atoms with Crippen molar-refractivity contribution in [2.24, 2.45) is 0 Å². The van der Waals surface area contributed by atoms with Crippen LogP contribution in [0.5, 0.6) is 5.75 Å². The van der Waals surface area contributed by atoms with Crippen LogP contribution >= 0.6 is 23.2 Å². The van der Waals surface area contributed by atoms with Crippen molar-refractivity contribution in [3.63, 3.8) is 0 Å². The smallest absolute Gasteiger partial charge is 0.278 e. The van der Waals surface area contributed by atoms with Crippen LogP contribution in [0, 0.1) is 0 Å². The first kappa shape index (κ1) is 22.2. The summed E-state index contributed by atoms with van der Waals surface area (Å²) in [6.45, 7) is 4.25. The Kier molecular flexibility index (Phi) is 7.02. The van der Waals surface area contributed by atoms with Crippen LogP contribution in [0.2, 0.25) is 10.0 Å².